The molecule has 0 aliphatic rings. The molecule has 1 aromatic rings. The molecule has 0 spiro atoms. The molecule has 1 rings (SSSR count). The van der Waals surface area contributed by atoms with Crippen LogP contribution in [0.1, 0.15) is 13.8 Å². The van der Waals surface area contributed by atoms with Crippen molar-refractivity contribution in [2.45, 2.75) is 30.8 Å². The van der Waals surface area contributed by atoms with Crippen LogP contribution in [0.15, 0.2) is 29.2 Å². The Hall–Kier alpha value is -1.20. The molecule has 0 fully saturated rings. The number of carbonyl (C=O) groups excluding carboxylic acids is 1. The summed E-state index contributed by atoms with van der Waals surface area (Å²) in [5.74, 6) is 1.10. The van der Waals surface area contributed by atoms with E-state index in [0.717, 1.165) is 10.6 Å². The van der Waals surface area contributed by atoms with Crippen LogP contribution in [-0.4, -0.2) is 30.9 Å². The summed E-state index contributed by atoms with van der Waals surface area (Å²) in [6.45, 7) is 3.98. The highest BCUT2D eigenvalue weighted by Gasteiger charge is 2.16. The second-order valence-corrected chi connectivity index (χ2v) is 5.36. The topological polar surface area (TPSA) is 64.3 Å². The molecule has 5 heteroatoms. The minimum absolute atomic E-state index is 0.230. The van der Waals surface area contributed by atoms with Gasteiger partial charge in [0.1, 0.15) is 5.75 Å². The van der Waals surface area contributed by atoms with Crippen molar-refractivity contribution in [2.75, 3.05) is 12.9 Å². The molecule has 4 nitrogen and oxygen atoms in total. The van der Waals surface area contributed by atoms with E-state index in [0.29, 0.717) is 5.75 Å². The summed E-state index contributed by atoms with van der Waals surface area (Å²) in [5.41, 5.74) is 5.37. The third kappa shape index (κ3) is 4.98. The van der Waals surface area contributed by atoms with E-state index in [1.165, 1.54) is 0 Å². The molecule has 0 radical (unpaired) electrons. The summed E-state index contributed by atoms with van der Waals surface area (Å²) in [6, 6.07) is 7.66. The number of rotatable bonds is 7. The number of benzene rings is 1. The molecule has 18 heavy (non-hydrogen) atoms. The van der Waals surface area contributed by atoms with E-state index in [1.807, 2.05) is 38.1 Å². The predicted molar refractivity (Wildman–Crippen MR) is 75.0 cm³/mol. The Labute approximate surface area is 112 Å². The van der Waals surface area contributed by atoms with E-state index in [1.54, 1.807) is 18.9 Å². The number of primary amides is 1. The first-order valence-corrected chi connectivity index (χ1v) is 6.83. The maximum atomic E-state index is 11.3. The molecule has 0 bridgehead atoms. The van der Waals surface area contributed by atoms with Crippen LogP contribution in [0.3, 0.4) is 0 Å². The Morgan fingerprint density at radius 3 is 2.78 bits per heavy atom. The average Bonchev–Trinajstić information content (AvgIpc) is 2.34. The third-order valence-corrected chi connectivity index (χ3v) is 3.42. The second-order valence-electron chi connectivity index (χ2n) is 4.27. The zero-order chi connectivity index (χ0) is 13.5. The number of methoxy groups -OCH3 is 1. The van der Waals surface area contributed by atoms with Crippen molar-refractivity contribution >= 4 is 17.7 Å². The SMILES string of the molecule is COc1cccc(SCC(NC(C)C)C(N)=O)c1. The quantitative estimate of drug-likeness (QED) is 0.738. The predicted octanol–water partition coefficient (Wildman–Crippen LogP) is 1.64. The van der Waals surface area contributed by atoms with Gasteiger partial charge in [-0.15, -0.1) is 11.8 Å². The molecule has 3 N–H and O–H groups in total. The molecule has 0 aliphatic heterocycles. The monoisotopic (exact) mass is 268 g/mol. The third-order valence-electron chi connectivity index (χ3n) is 2.34. The van der Waals surface area contributed by atoms with Crippen molar-refractivity contribution < 1.29 is 9.53 Å². The Bertz CT molecular complexity index is 396. The molecule has 0 saturated heterocycles. The summed E-state index contributed by atoms with van der Waals surface area (Å²) in [5, 5.41) is 3.15. The van der Waals surface area contributed by atoms with Crippen LogP contribution in [0, 0.1) is 0 Å². The molecular formula is C13H20N2O2S. The first-order chi connectivity index (χ1) is 8.52. The summed E-state index contributed by atoms with van der Waals surface area (Å²) < 4.78 is 5.15. The van der Waals surface area contributed by atoms with Gasteiger partial charge >= 0.3 is 0 Å². The summed E-state index contributed by atoms with van der Waals surface area (Å²) in [7, 11) is 1.64. The van der Waals surface area contributed by atoms with Crippen LogP contribution in [0.5, 0.6) is 5.75 Å². The van der Waals surface area contributed by atoms with Gasteiger partial charge in [-0.2, -0.15) is 0 Å². The average molecular weight is 268 g/mol. The minimum Gasteiger partial charge on any atom is -0.497 e. The van der Waals surface area contributed by atoms with Crippen LogP contribution >= 0.6 is 11.8 Å². The lowest BCUT2D eigenvalue weighted by Crippen LogP contribution is -2.46. The van der Waals surface area contributed by atoms with Gasteiger partial charge in [-0.05, 0) is 18.2 Å². The number of nitrogens with one attached hydrogen (secondary N) is 1. The van der Waals surface area contributed by atoms with Crippen molar-refractivity contribution in [3.05, 3.63) is 24.3 Å². The fourth-order valence-corrected chi connectivity index (χ4v) is 2.48. The number of thioether (sulfide) groups is 1. The van der Waals surface area contributed by atoms with Gasteiger partial charge in [-0.3, -0.25) is 4.79 Å². The van der Waals surface area contributed by atoms with Crippen LogP contribution in [0.25, 0.3) is 0 Å². The first kappa shape index (κ1) is 14.9. The molecule has 0 saturated carbocycles. The Morgan fingerprint density at radius 2 is 2.22 bits per heavy atom. The highest BCUT2D eigenvalue weighted by molar-refractivity contribution is 7.99. The Kier molecular flexibility index (Phi) is 6.01. The van der Waals surface area contributed by atoms with Gasteiger partial charge in [0.05, 0.1) is 13.2 Å². The number of nitrogens with two attached hydrogens (primary N) is 1. The molecule has 0 heterocycles. The minimum atomic E-state index is -0.320. The van der Waals surface area contributed by atoms with Crippen LogP contribution in [0.2, 0.25) is 0 Å². The van der Waals surface area contributed by atoms with E-state index < -0.39 is 0 Å². The van der Waals surface area contributed by atoms with Gasteiger partial charge in [-0.1, -0.05) is 19.9 Å². The highest BCUT2D eigenvalue weighted by atomic mass is 32.2. The van der Waals surface area contributed by atoms with Crippen molar-refractivity contribution in [3.63, 3.8) is 0 Å². The lowest BCUT2D eigenvalue weighted by molar-refractivity contribution is -0.119. The van der Waals surface area contributed by atoms with E-state index in [9.17, 15) is 4.79 Å². The summed E-state index contributed by atoms with van der Waals surface area (Å²) in [4.78, 5) is 12.4. The van der Waals surface area contributed by atoms with Crippen molar-refractivity contribution in [3.8, 4) is 5.75 Å². The lowest BCUT2D eigenvalue weighted by atomic mass is 10.3. The molecule has 1 amide bonds. The fraction of sp³-hybridized carbons (Fsp3) is 0.462. The lowest BCUT2D eigenvalue weighted by Gasteiger charge is -2.17. The highest BCUT2D eigenvalue weighted by Crippen LogP contribution is 2.23. The van der Waals surface area contributed by atoms with E-state index in [2.05, 4.69) is 5.32 Å². The standard InChI is InChI=1S/C13H20N2O2S/c1-9(2)15-12(13(14)16)8-18-11-6-4-5-10(7-11)17-3/h4-7,9,12,15H,8H2,1-3H3,(H2,14,16). The smallest absolute Gasteiger partial charge is 0.235 e. The summed E-state index contributed by atoms with van der Waals surface area (Å²) >= 11 is 1.59. The molecule has 1 unspecified atom stereocenters. The van der Waals surface area contributed by atoms with Gasteiger partial charge in [0.25, 0.3) is 0 Å². The van der Waals surface area contributed by atoms with Gasteiger partial charge < -0.3 is 15.8 Å². The van der Waals surface area contributed by atoms with E-state index in [-0.39, 0.29) is 18.0 Å². The van der Waals surface area contributed by atoms with Crippen LogP contribution in [0.4, 0.5) is 0 Å². The largest absolute Gasteiger partial charge is 0.497 e. The van der Waals surface area contributed by atoms with Gasteiger partial charge in [-0.25, -0.2) is 0 Å². The Balaban J connectivity index is 2.58. The maximum Gasteiger partial charge on any atom is 0.235 e. The van der Waals surface area contributed by atoms with Crippen molar-refractivity contribution in [1.82, 2.24) is 5.32 Å². The van der Waals surface area contributed by atoms with Crippen molar-refractivity contribution in [2.24, 2.45) is 5.73 Å². The van der Waals surface area contributed by atoms with E-state index >= 15 is 0 Å². The molecule has 0 aliphatic carbocycles. The number of ether oxygens (including phenoxy) is 1. The molecule has 1 atom stereocenters. The zero-order valence-corrected chi connectivity index (χ0v) is 11.8. The van der Waals surface area contributed by atoms with Gasteiger partial charge in [0.15, 0.2) is 0 Å². The Morgan fingerprint density at radius 1 is 1.50 bits per heavy atom. The molecule has 1 aromatic carbocycles. The number of carbonyl (C=O) groups is 1. The maximum absolute atomic E-state index is 11.3. The second kappa shape index (κ2) is 7.28. The normalized spacial score (nSPS) is 12.4. The first-order valence-electron chi connectivity index (χ1n) is 5.85. The number of hydrogen-bond acceptors (Lipinski definition) is 4. The summed E-state index contributed by atoms with van der Waals surface area (Å²) in [6.07, 6.45) is 0. The zero-order valence-electron chi connectivity index (χ0n) is 11.0. The molecule has 0 aromatic heterocycles. The van der Waals surface area contributed by atoms with Crippen LogP contribution < -0.4 is 15.8 Å². The molecule has 100 valence electrons. The molecular weight excluding hydrogens is 248 g/mol. The number of amides is 1. The van der Waals surface area contributed by atoms with Gasteiger partial charge in [0, 0.05) is 16.7 Å². The fourth-order valence-electron chi connectivity index (χ4n) is 1.49. The van der Waals surface area contributed by atoms with Gasteiger partial charge in [0.2, 0.25) is 5.91 Å². The van der Waals surface area contributed by atoms with Crippen molar-refractivity contribution in [1.29, 1.82) is 0 Å². The van der Waals surface area contributed by atoms with E-state index in [4.69, 9.17) is 10.5 Å². The number of hydrogen-bond donors (Lipinski definition) is 2. The van der Waals surface area contributed by atoms with Crippen LogP contribution in [-0.2, 0) is 4.79 Å².